The maximum absolute atomic E-state index is 12.6. The zero-order valence-corrected chi connectivity index (χ0v) is 20.6. The number of ether oxygens (including phenoxy) is 1. The highest BCUT2D eigenvalue weighted by molar-refractivity contribution is 5.79. The van der Waals surface area contributed by atoms with Crippen LogP contribution < -0.4 is 4.74 Å². The van der Waals surface area contributed by atoms with Crippen LogP contribution in [0.2, 0.25) is 0 Å². The Labute approximate surface area is 203 Å². The maximum Gasteiger partial charge on any atom is 0.416 e. The van der Waals surface area contributed by atoms with Gasteiger partial charge in [0.2, 0.25) is 0 Å². The van der Waals surface area contributed by atoms with E-state index in [1.165, 1.54) is 82.8 Å². The lowest BCUT2D eigenvalue weighted by atomic mass is 10.1. The molecule has 2 aromatic carbocycles. The summed E-state index contributed by atoms with van der Waals surface area (Å²) in [6.07, 6.45) is 13.6. The van der Waals surface area contributed by atoms with Gasteiger partial charge in [0.15, 0.2) is 0 Å². The minimum Gasteiger partial charge on any atom is -0.489 e. The van der Waals surface area contributed by atoms with Crippen molar-refractivity contribution >= 4 is 6.21 Å². The lowest BCUT2D eigenvalue weighted by Gasteiger charge is -2.09. The van der Waals surface area contributed by atoms with E-state index < -0.39 is 11.7 Å². The quantitative estimate of drug-likeness (QED) is 0.165. The molecule has 5 heteroatoms. The first-order valence-electron chi connectivity index (χ1n) is 12.9. The fourth-order valence-corrected chi connectivity index (χ4v) is 3.82. The van der Waals surface area contributed by atoms with E-state index in [4.69, 9.17) is 4.74 Å². The van der Waals surface area contributed by atoms with Crippen molar-refractivity contribution in [2.45, 2.75) is 96.8 Å². The van der Waals surface area contributed by atoms with Gasteiger partial charge >= 0.3 is 6.18 Å². The molecule has 0 saturated carbocycles. The Hall–Kier alpha value is -2.30. The smallest absolute Gasteiger partial charge is 0.416 e. The number of hydrogen-bond acceptors (Lipinski definition) is 2. The molecule has 0 radical (unpaired) electrons. The summed E-state index contributed by atoms with van der Waals surface area (Å²) >= 11 is 0. The molecular weight excluding hydrogens is 435 g/mol. The van der Waals surface area contributed by atoms with Crippen LogP contribution in [0.3, 0.4) is 0 Å². The summed E-state index contributed by atoms with van der Waals surface area (Å²) < 4.78 is 43.5. The lowest BCUT2D eigenvalue weighted by Crippen LogP contribution is -2.05. The number of hydrogen-bond donors (Lipinski definition) is 0. The fourth-order valence-electron chi connectivity index (χ4n) is 3.82. The molecule has 0 aliphatic carbocycles. The first-order chi connectivity index (χ1) is 16.5. The van der Waals surface area contributed by atoms with Gasteiger partial charge in [-0.1, -0.05) is 89.7 Å². The fraction of sp³-hybridized carbons (Fsp3) is 0.552. The Morgan fingerprint density at radius 3 is 1.76 bits per heavy atom. The molecule has 0 saturated heterocycles. The molecule has 0 spiro atoms. The topological polar surface area (TPSA) is 21.6 Å². The van der Waals surface area contributed by atoms with Crippen LogP contribution in [0.4, 0.5) is 13.2 Å². The minimum atomic E-state index is -4.32. The molecule has 0 heterocycles. The molecule has 0 aliphatic heterocycles. The van der Waals surface area contributed by atoms with Crippen LogP contribution in [0, 0.1) is 0 Å². The van der Waals surface area contributed by atoms with Crippen molar-refractivity contribution < 1.29 is 17.9 Å². The number of halogens is 3. The highest BCUT2D eigenvalue weighted by atomic mass is 19.4. The van der Waals surface area contributed by atoms with Crippen LogP contribution in [0.1, 0.15) is 101 Å². The van der Waals surface area contributed by atoms with E-state index in [1.807, 2.05) is 30.5 Å². The molecular formula is C29H40F3NO. The van der Waals surface area contributed by atoms with Crippen molar-refractivity contribution in [2.24, 2.45) is 4.99 Å². The van der Waals surface area contributed by atoms with Crippen LogP contribution >= 0.6 is 0 Å². The predicted molar refractivity (Wildman–Crippen MR) is 136 cm³/mol. The molecule has 0 fully saturated rings. The predicted octanol–water partition coefficient (Wildman–Crippen LogP) is 9.40. The number of nitrogens with zero attached hydrogens (tertiary/aromatic N) is 1. The number of alkyl halides is 3. The van der Waals surface area contributed by atoms with Crippen LogP contribution in [0.5, 0.6) is 5.75 Å². The second kappa shape index (κ2) is 16.3. The molecule has 188 valence electrons. The van der Waals surface area contributed by atoms with Gasteiger partial charge in [-0.25, -0.2) is 0 Å². The zero-order chi connectivity index (χ0) is 24.5. The molecule has 0 aliphatic rings. The van der Waals surface area contributed by atoms with Crippen molar-refractivity contribution in [1.29, 1.82) is 0 Å². The second-order valence-corrected chi connectivity index (χ2v) is 8.98. The first-order valence-corrected chi connectivity index (χ1v) is 12.9. The van der Waals surface area contributed by atoms with E-state index in [0.29, 0.717) is 11.3 Å². The maximum atomic E-state index is 12.6. The molecule has 0 amide bonds. The van der Waals surface area contributed by atoms with Crippen LogP contribution in [0.25, 0.3) is 0 Å². The molecule has 0 unspecified atom stereocenters. The van der Waals surface area contributed by atoms with E-state index in [-0.39, 0.29) is 6.61 Å². The summed E-state index contributed by atoms with van der Waals surface area (Å²) in [5.74, 6) is 0.679. The van der Waals surface area contributed by atoms with E-state index >= 15 is 0 Å². The standard InChI is InChI=1S/C29H40F3NO/c1-2-3-4-5-6-7-8-9-10-11-12-13-22-33-23-25-16-20-28(21-17-25)34-24-26-14-18-27(19-15-26)29(30,31)32/h14-21,23H,2-13,22,24H2,1H3. The summed E-state index contributed by atoms with van der Waals surface area (Å²) in [4.78, 5) is 4.52. The highest BCUT2D eigenvalue weighted by Gasteiger charge is 2.29. The number of unbranched alkanes of at least 4 members (excludes halogenated alkanes) is 11. The Bertz CT molecular complexity index is 798. The summed E-state index contributed by atoms with van der Waals surface area (Å²) in [5.41, 5.74) is 1.06. The number of aliphatic imine (C=N–C) groups is 1. The van der Waals surface area contributed by atoms with Gasteiger partial charge in [0.1, 0.15) is 12.4 Å². The normalized spacial score (nSPS) is 11.9. The Morgan fingerprint density at radius 2 is 1.24 bits per heavy atom. The monoisotopic (exact) mass is 475 g/mol. The van der Waals surface area contributed by atoms with E-state index in [2.05, 4.69) is 11.9 Å². The molecule has 0 bridgehead atoms. The van der Waals surface area contributed by atoms with Crippen molar-refractivity contribution in [2.75, 3.05) is 6.54 Å². The minimum absolute atomic E-state index is 0.227. The molecule has 34 heavy (non-hydrogen) atoms. The van der Waals surface area contributed by atoms with Crippen molar-refractivity contribution in [3.05, 3.63) is 65.2 Å². The van der Waals surface area contributed by atoms with E-state index in [0.717, 1.165) is 30.7 Å². The van der Waals surface area contributed by atoms with Crippen molar-refractivity contribution in [3.8, 4) is 5.75 Å². The van der Waals surface area contributed by atoms with Crippen LogP contribution in [-0.4, -0.2) is 12.8 Å². The van der Waals surface area contributed by atoms with E-state index in [9.17, 15) is 13.2 Å². The van der Waals surface area contributed by atoms with Gasteiger partial charge in [-0.2, -0.15) is 13.2 Å². The third kappa shape index (κ3) is 12.2. The van der Waals surface area contributed by atoms with Gasteiger partial charge in [-0.05, 0) is 53.9 Å². The van der Waals surface area contributed by atoms with Crippen molar-refractivity contribution in [1.82, 2.24) is 0 Å². The Balaban J connectivity index is 1.52. The molecule has 0 atom stereocenters. The third-order valence-corrected chi connectivity index (χ3v) is 5.95. The molecule has 0 N–H and O–H groups in total. The van der Waals surface area contributed by atoms with Gasteiger partial charge < -0.3 is 4.74 Å². The molecule has 2 aromatic rings. The second-order valence-electron chi connectivity index (χ2n) is 8.98. The first kappa shape index (κ1) is 27.9. The Morgan fingerprint density at radius 1 is 0.706 bits per heavy atom. The van der Waals surface area contributed by atoms with Crippen LogP contribution in [-0.2, 0) is 12.8 Å². The SMILES string of the molecule is CCCCCCCCCCCCCCN=Cc1ccc(OCc2ccc(C(F)(F)F)cc2)cc1. The average molecular weight is 476 g/mol. The lowest BCUT2D eigenvalue weighted by molar-refractivity contribution is -0.137. The largest absolute Gasteiger partial charge is 0.489 e. The van der Waals surface area contributed by atoms with Gasteiger partial charge in [0.05, 0.1) is 5.56 Å². The van der Waals surface area contributed by atoms with Gasteiger partial charge in [0.25, 0.3) is 0 Å². The summed E-state index contributed by atoms with van der Waals surface area (Å²) in [6.45, 7) is 3.34. The molecule has 2 nitrogen and oxygen atoms in total. The third-order valence-electron chi connectivity index (χ3n) is 5.95. The summed E-state index contributed by atoms with van der Waals surface area (Å²) in [5, 5.41) is 0. The summed E-state index contributed by atoms with van der Waals surface area (Å²) in [6, 6.07) is 12.6. The zero-order valence-electron chi connectivity index (χ0n) is 20.6. The number of benzene rings is 2. The Kier molecular flexibility index (Phi) is 13.4. The van der Waals surface area contributed by atoms with Gasteiger partial charge in [-0.15, -0.1) is 0 Å². The van der Waals surface area contributed by atoms with Crippen LogP contribution in [0.15, 0.2) is 53.5 Å². The van der Waals surface area contributed by atoms with Gasteiger partial charge in [-0.3, -0.25) is 4.99 Å². The van der Waals surface area contributed by atoms with Crippen molar-refractivity contribution in [3.63, 3.8) is 0 Å². The summed E-state index contributed by atoms with van der Waals surface area (Å²) in [7, 11) is 0. The van der Waals surface area contributed by atoms with Gasteiger partial charge in [0, 0.05) is 12.8 Å². The molecule has 0 aromatic heterocycles. The van der Waals surface area contributed by atoms with E-state index in [1.54, 1.807) is 0 Å². The average Bonchev–Trinajstić information content (AvgIpc) is 2.83. The number of rotatable bonds is 17. The highest BCUT2D eigenvalue weighted by Crippen LogP contribution is 2.29. The molecule has 2 rings (SSSR count).